The van der Waals surface area contributed by atoms with Gasteiger partial charge in [0.1, 0.15) is 0 Å². The summed E-state index contributed by atoms with van der Waals surface area (Å²) in [4.78, 5) is 14.2. The summed E-state index contributed by atoms with van der Waals surface area (Å²) in [5.41, 5.74) is 0.681. The van der Waals surface area contributed by atoms with Crippen LogP contribution in [0.4, 0.5) is 0 Å². The van der Waals surface area contributed by atoms with E-state index in [0.717, 1.165) is 0 Å². The maximum Gasteiger partial charge on any atom is 0.179 e. The van der Waals surface area contributed by atoms with Crippen molar-refractivity contribution in [3.05, 3.63) is 35.9 Å². The highest BCUT2D eigenvalue weighted by molar-refractivity contribution is 6.00. The van der Waals surface area contributed by atoms with E-state index in [1.54, 1.807) is 12.1 Å². The van der Waals surface area contributed by atoms with E-state index in [0.29, 0.717) is 25.1 Å². The van der Waals surface area contributed by atoms with Gasteiger partial charge >= 0.3 is 0 Å². The van der Waals surface area contributed by atoms with Gasteiger partial charge in [0.05, 0.1) is 18.2 Å². The monoisotopic (exact) mass is 249 g/mol. The van der Waals surface area contributed by atoms with Crippen molar-refractivity contribution in [2.75, 3.05) is 13.1 Å². The summed E-state index contributed by atoms with van der Waals surface area (Å²) in [7, 11) is 0. The Hall–Kier alpha value is -1.23. The number of Topliss-reactive ketones (excluding diaryl/α,β-unsaturated/α-hetero) is 1. The van der Waals surface area contributed by atoms with E-state index in [1.807, 2.05) is 30.0 Å². The molecule has 1 aliphatic rings. The molecule has 18 heavy (non-hydrogen) atoms. The van der Waals surface area contributed by atoms with Crippen LogP contribution in [0.2, 0.25) is 0 Å². The highest BCUT2D eigenvalue weighted by Gasteiger charge is 2.36. The van der Waals surface area contributed by atoms with Crippen LogP contribution in [0.25, 0.3) is 0 Å². The third-order valence-corrected chi connectivity index (χ3v) is 3.48. The van der Waals surface area contributed by atoms with Gasteiger partial charge in [-0.15, -0.1) is 0 Å². The van der Waals surface area contributed by atoms with Crippen LogP contribution < -0.4 is 0 Å². The number of carbonyl (C=O) groups is 1. The van der Waals surface area contributed by atoms with Crippen LogP contribution in [0, 0.1) is 0 Å². The Morgan fingerprint density at radius 1 is 1.28 bits per heavy atom. The number of nitrogens with zero attached hydrogens (tertiary/aromatic N) is 1. The summed E-state index contributed by atoms with van der Waals surface area (Å²) in [5.74, 6) is 0.0550. The lowest BCUT2D eigenvalue weighted by molar-refractivity contribution is 0.0572. The number of ketones is 1. The van der Waals surface area contributed by atoms with Crippen molar-refractivity contribution >= 4 is 5.78 Å². The summed E-state index contributed by atoms with van der Waals surface area (Å²) in [6.45, 7) is 2.67. The fraction of sp³-hybridized carbons (Fsp3) is 0.500. The van der Waals surface area contributed by atoms with Crippen LogP contribution in [0.3, 0.4) is 0 Å². The minimum Gasteiger partial charge on any atom is -0.389 e. The van der Waals surface area contributed by atoms with Gasteiger partial charge in [-0.25, -0.2) is 0 Å². The first-order valence-electron chi connectivity index (χ1n) is 6.33. The molecule has 0 spiro atoms. The van der Waals surface area contributed by atoms with Crippen molar-refractivity contribution < 1.29 is 15.0 Å². The van der Waals surface area contributed by atoms with Crippen molar-refractivity contribution in [1.82, 2.24) is 4.90 Å². The van der Waals surface area contributed by atoms with Gasteiger partial charge in [0.2, 0.25) is 0 Å². The first-order valence-corrected chi connectivity index (χ1v) is 6.33. The van der Waals surface area contributed by atoms with Gasteiger partial charge in [0.15, 0.2) is 5.78 Å². The van der Waals surface area contributed by atoms with Crippen molar-refractivity contribution in [3.8, 4) is 0 Å². The van der Waals surface area contributed by atoms with Crippen molar-refractivity contribution in [2.24, 2.45) is 0 Å². The molecule has 0 amide bonds. The SMILES string of the molecule is CCC(C(=O)c1ccccc1)N1CC(O)C(O)C1. The van der Waals surface area contributed by atoms with E-state index in [-0.39, 0.29) is 11.8 Å². The molecule has 1 fully saturated rings. The van der Waals surface area contributed by atoms with Crippen molar-refractivity contribution in [2.45, 2.75) is 31.6 Å². The van der Waals surface area contributed by atoms with Gasteiger partial charge in [0, 0.05) is 18.7 Å². The predicted molar refractivity (Wildman–Crippen MR) is 68.4 cm³/mol. The molecular weight excluding hydrogens is 230 g/mol. The molecule has 0 bridgehead atoms. The van der Waals surface area contributed by atoms with Crippen LogP contribution in [-0.4, -0.2) is 52.2 Å². The number of hydrogen-bond acceptors (Lipinski definition) is 4. The summed E-state index contributed by atoms with van der Waals surface area (Å²) in [5, 5.41) is 19.1. The zero-order valence-corrected chi connectivity index (χ0v) is 10.5. The quantitative estimate of drug-likeness (QED) is 0.771. The van der Waals surface area contributed by atoms with Crippen LogP contribution in [0.15, 0.2) is 30.3 Å². The molecule has 1 saturated heterocycles. The highest BCUT2D eigenvalue weighted by atomic mass is 16.3. The first-order chi connectivity index (χ1) is 8.63. The Bertz CT molecular complexity index is 397. The fourth-order valence-electron chi connectivity index (χ4n) is 2.46. The molecule has 4 nitrogen and oxygen atoms in total. The van der Waals surface area contributed by atoms with Crippen molar-refractivity contribution in [3.63, 3.8) is 0 Å². The molecule has 4 heteroatoms. The number of rotatable bonds is 4. The summed E-state index contributed by atoms with van der Waals surface area (Å²) >= 11 is 0. The Morgan fingerprint density at radius 2 is 1.83 bits per heavy atom. The Labute approximate surface area is 107 Å². The lowest BCUT2D eigenvalue weighted by atomic mass is 10.0. The van der Waals surface area contributed by atoms with Gasteiger partial charge in [-0.05, 0) is 6.42 Å². The minimum atomic E-state index is -0.748. The van der Waals surface area contributed by atoms with E-state index in [2.05, 4.69) is 0 Å². The molecule has 0 aromatic heterocycles. The number of β-amino-alcohol motifs (C(OH)–C–C–N with tert-alkyl or cyclic N) is 2. The normalized spacial score (nSPS) is 26.2. The molecule has 1 aromatic carbocycles. The topological polar surface area (TPSA) is 60.8 Å². The largest absolute Gasteiger partial charge is 0.389 e. The van der Waals surface area contributed by atoms with E-state index in [1.165, 1.54) is 0 Å². The average Bonchev–Trinajstić information content (AvgIpc) is 2.71. The summed E-state index contributed by atoms with van der Waals surface area (Å²) < 4.78 is 0. The Morgan fingerprint density at radius 3 is 2.33 bits per heavy atom. The number of carbonyl (C=O) groups excluding carboxylic acids is 1. The van der Waals surface area contributed by atoms with Gasteiger partial charge in [-0.2, -0.15) is 0 Å². The average molecular weight is 249 g/mol. The van der Waals surface area contributed by atoms with Crippen LogP contribution in [0.1, 0.15) is 23.7 Å². The van der Waals surface area contributed by atoms with Gasteiger partial charge < -0.3 is 10.2 Å². The number of likely N-dealkylation sites (tertiary alicyclic amines) is 1. The van der Waals surface area contributed by atoms with Gasteiger partial charge in [-0.3, -0.25) is 9.69 Å². The molecule has 1 heterocycles. The number of aliphatic hydroxyl groups is 2. The standard InChI is InChI=1S/C14H19NO3/c1-2-11(15-8-12(16)13(17)9-15)14(18)10-6-4-3-5-7-10/h3-7,11-13,16-17H,2,8-9H2,1H3. The minimum absolute atomic E-state index is 0.0550. The van der Waals surface area contributed by atoms with Crippen LogP contribution in [0.5, 0.6) is 0 Å². The molecule has 0 saturated carbocycles. The zero-order valence-electron chi connectivity index (χ0n) is 10.5. The maximum atomic E-state index is 12.4. The fourth-order valence-corrected chi connectivity index (χ4v) is 2.46. The highest BCUT2D eigenvalue weighted by Crippen LogP contribution is 2.19. The molecule has 3 unspecified atom stereocenters. The molecule has 0 aliphatic carbocycles. The van der Waals surface area contributed by atoms with E-state index >= 15 is 0 Å². The first kappa shape index (κ1) is 13.2. The maximum absolute atomic E-state index is 12.4. The zero-order chi connectivity index (χ0) is 13.1. The lowest BCUT2D eigenvalue weighted by Crippen LogP contribution is -2.40. The van der Waals surface area contributed by atoms with E-state index < -0.39 is 12.2 Å². The third-order valence-electron chi connectivity index (χ3n) is 3.48. The molecule has 2 rings (SSSR count). The van der Waals surface area contributed by atoms with E-state index in [9.17, 15) is 15.0 Å². The summed E-state index contributed by atoms with van der Waals surface area (Å²) in [6.07, 6.45) is -0.821. The van der Waals surface area contributed by atoms with Crippen molar-refractivity contribution in [1.29, 1.82) is 0 Å². The predicted octanol–water partition coefficient (Wildman–Crippen LogP) is 0.685. The Kier molecular flexibility index (Phi) is 4.11. The van der Waals surface area contributed by atoms with Crippen LogP contribution in [-0.2, 0) is 0 Å². The molecule has 2 N–H and O–H groups in total. The summed E-state index contributed by atoms with van der Waals surface area (Å²) in [6, 6.07) is 8.89. The second-order valence-corrected chi connectivity index (χ2v) is 4.74. The second-order valence-electron chi connectivity index (χ2n) is 4.74. The third kappa shape index (κ3) is 2.61. The molecule has 1 aromatic rings. The molecule has 1 aliphatic heterocycles. The lowest BCUT2D eigenvalue weighted by Gasteiger charge is -2.25. The number of hydrogen-bond donors (Lipinski definition) is 2. The van der Waals surface area contributed by atoms with Crippen LogP contribution >= 0.6 is 0 Å². The molecular formula is C14H19NO3. The van der Waals surface area contributed by atoms with Gasteiger partial charge in [-0.1, -0.05) is 37.3 Å². The molecule has 3 atom stereocenters. The molecule has 98 valence electrons. The number of benzene rings is 1. The molecule has 0 radical (unpaired) electrons. The van der Waals surface area contributed by atoms with Gasteiger partial charge in [0.25, 0.3) is 0 Å². The second kappa shape index (κ2) is 5.61. The number of aliphatic hydroxyl groups excluding tert-OH is 2. The van der Waals surface area contributed by atoms with E-state index in [4.69, 9.17) is 0 Å². The Balaban J connectivity index is 2.12. The smallest absolute Gasteiger partial charge is 0.179 e.